The zero-order valence-electron chi connectivity index (χ0n) is 10.1. The minimum absolute atomic E-state index is 0.103. The summed E-state index contributed by atoms with van der Waals surface area (Å²) >= 11 is 0. The number of Topliss-reactive ketones (excluding diaryl/α,β-unsaturated/α-hetero) is 1. The molecule has 0 radical (unpaired) electrons. The molecule has 1 aliphatic rings. The van der Waals surface area contributed by atoms with Crippen LogP contribution in [-0.2, 0) is 16.5 Å². The molecule has 0 aliphatic heterocycles. The topological polar surface area (TPSA) is 63.3 Å². The standard InChI is InChI=1S/C13H14F3NO2/c14-13(15,16)9-4-1-3-8(7-9)12(17)6-2-5-10(18)11(12)19/h1,3-4,7,10,18H,2,5-6,17H2. The van der Waals surface area contributed by atoms with Crippen molar-refractivity contribution in [2.24, 2.45) is 5.73 Å². The molecular formula is C13H14F3NO2. The molecular weight excluding hydrogens is 259 g/mol. The summed E-state index contributed by atoms with van der Waals surface area (Å²) in [7, 11) is 0. The van der Waals surface area contributed by atoms with Crippen LogP contribution in [0.4, 0.5) is 13.2 Å². The lowest BCUT2D eigenvalue weighted by Crippen LogP contribution is -2.52. The van der Waals surface area contributed by atoms with E-state index in [0.29, 0.717) is 12.8 Å². The second-order valence-electron chi connectivity index (χ2n) is 4.82. The minimum atomic E-state index is -4.48. The molecule has 1 fully saturated rings. The lowest BCUT2D eigenvalue weighted by Gasteiger charge is -2.35. The van der Waals surface area contributed by atoms with E-state index in [1.54, 1.807) is 0 Å². The van der Waals surface area contributed by atoms with Crippen molar-refractivity contribution in [3.63, 3.8) is 0 Å². The fourth-order valence-electron chi connectivity index (χ4n) is 2.39. The summed E-state index contributed by atoms with van der Waals surface area (Å²) < 4.78 is 38.0. The zero-order valence-corrected chi connectivity index (χ0v) is 10.1. The number of halogens is 3. The Bertz CT molecular complexity index is 501. The van der Waals surface area contributed by atoms with Crippen LogP contribution in [0.2, 0.25) is 0 Å². The molecule has 1 aromatic carbocycles. The number of nitrogens with two attached hydrogens (primary N) is 1. The molecule has 1 aliphatic carbocycles. The van der Waals surface area contributed by atoms with E-state index in [2.05, 4.69) is 0 Å². The third kappa shape index (κ3) is 2.50. The van der Waals surface area contributed by atoms with Crippen molar-refractivity contribution in [2.45, 2.75) is 37.1 Å². The van der Waals surface area contributed by atoms with Gasteiger partial charge < -0.3 is 10.8 Å². The van der Waals surface area contributed by atoms with E-state index in [9.17, 15) is 23.1 Å². The number of hydrogen-bond acceptors (Lipinski definition) is 3. The van der Waals surface area contributed by atoms with Gasteiger partial charge in [0.15, 0.2) is 5.78 Å². The number of aliphatic hydroxyl groups excluding tert-OH is 1. The monoisotopic (exact) mass is 273 g/mol. The fourth-order valence-corrected chi connectivity index (χ4v) is 2.39. The maximum Gasteiger partial charge on any atom is 0.416 e. The van der Waals surface area contributed by atoms with Gasteiger partial charge >= 0.3 is 6.18 Å². The molecule has 0 saturated heterocycles. The third-order valence-corrected chi connectivity index (χ3v) is 3.50. The molecule has 0 spiro atoms. The lowest BCUT2D eigenvalue weighted by molar-refractivity contribution is -0.139. The number of ketones is 1. The highest BCUT2D eigenvalue weighted by Crippen LogP contribution is 2.36. The first-order chi connectivity index (χ1) is 8.75. The van der Waals surface area contributed by atoms with Crippen molar-refractivity contribution >= 4 is 5.78 Å². The van der Waals surface area contributed by atoms with Crippen LogP contribution in [0.3, 0.4) is 0 Å². The molecule has 19 heavy (non-hydrogen) atoms. The van der Waals surface area contributed by atoms with Crippen LogP contribution < -0.4 is 5.73 Å². The van der Waals surface area contributed by atoms with Crippen LogP contribution in [0, 0.1) is 0 Å². The molecule has 0 amide bonds. The number of hydrogen-bond donors (Lipinski definition) is 2. The first-order valence-corrected chi connectivity index (χ1v) is 5.94. The maximum absolute atomic E-state index is 12.7. The third-order valence-electron chi connectivity index (χ3n) is 3.50. The summed E-state index contributed by atoms with van der Waals surface area (Å²) in [5.74, 6) is -0.613. The van der Waals surface area contributed by atoms with Gasteiger partial charge in [0.1, 0.15) is 11.6 Å². The Morgan fingerprint density at radius 2 is 2.05 bits per heavy atom. The van der Waals surface area contributed by atoms with Crippen molar-refractivity contribution in [3.8, 4) is 0 Å². The van der Waals surface area contributed by atoms with Crippen LogP contribution in [0.25, 0.3) is 0 Å². The summed E-state index contributed by atoms with van der Waals surface area (Å²) in [4.78, 5) is 12.0. The highest BCUT2D eigenvalue weighted by Gasteiger charge is 2.43. The predicted molar refractivity (Wildman–Crippen MR) is 62.2 cm³/mol. The van der Waals surface area contributed by atoms with Gasteiger partial charge in [0, 0.05) is 0 Å². The van der Waals surface area contributed by atoms with Gasteiger partial charge in [-0.25, -0.2) is 0 Å². The summed E-state index contributed by atoms with van der Waals surface area (Å²) in [6, 6.07) is 4.43. The quantitative estimate of drug-likeness (QED) is 0.822. The number of alkyl halides is 3. The number of carbonyl (C=O) groups is 1. The molecule has 1 aromatic rings. The van der Waals surface area contributed by atoms with E-state index in [1.165, 1.54) is 12.1 Å². The smallest absolute Gasteiger partial charge is 0.385 e. The van der Waals surface area contributed by atoms with Crippen molar-refractivity contribution in [1.29, 1.82) is 0 Å². The highest BCUT2D eigenvalue weighted by atomic mass is 19.4. The van der Waals surface area contributed by atoms with E-state index in [-0.39, 0.29) is 12.0 Å². The van der Waals surface area contributed by atoms with Gasteiger partial charge in [-0.15, -0.1) is 0 Å². The summed E-state index contributed by atoms with van der Waals surface area (Å²) in [5, 5.41) is 9.55. The Morgan fingerprint density at radius 3 is 2.68 bits per heavy atom. The van der Waals surface area contributed by atoms with E-state index in [4.69, 9.17) is 5.73 Å². The number of rotatable bonds is 1. The molecule has 3 N–H and O–H groups in total. The van der Waals surface area contributed by atoms with Crippen molar-refractivity contribution < 1.29 is 23.1 Å². The van der Waals surface area contributed by atoms with E-state index in [1.807, 2.05) is 0 Å². The average molecular weight is 273 g/mol. The first-order valence-electron chi connectivity index (χ1n) is 5.94. The van der Waals surface area contributed by atoms with Gasteiger partial charge in [0.25, 0.3) is 0 Å². The Morgan fingerprint density at radius 1 is 1.37 bits per heavy atom. The predicted octanol–water partition coefficient (Wildman–Crippen LogP) is 1.97. The molecule has 0 bridgehead atoms. The largest absolute Gasteiger partial charge is 0.416 e. The fraction of sp³-hybridized carbons (Fsp3) is 0.462. The van der Waals surface area contributed by atoms with Gasteiger partial charge in [-0.1, -0.05) is 12.1 Å². The Hall–Kier alpha value is -1.40. The van der Waals surface area contributed by atoms with Gasteiger partial charge in [0.2, 0.25) is 0 Å². The molecule has 6 heteroatoms. The molecule has 1 saturated carbocycles. The second-order valence-corrected chi connectivity index (χ2v) is 4.82. The normalized spacial score (nSPS) is 28.5. The van der Waals surface area contributed by atoms with Crippen molar-refractivity contribution in [1.82, 2.24) is 0 Å². The van der Waals surface area contributed by atoms with Crippen LogP contribution in [0.1, 0.15) is 30.4 Å². The van der Waals surface area contributed by atoms with E-state index in [0.717, 1.165) is 12.1 Å². The molecule has 3 nitrogen and oxygen atoms in total. The number of aliphatic hydroxyl groups is 1. The molecule has 2 atom stereocenters. The zero-order chi connectivity index (χ0) is 14.3. The van der Waals surface area contributed by atoms with Crippen LogP contribution in [-0.4, -0.2) is 17.0 Å². The van der Waals surface area contributed by atoms with E-state index < -0.39 is 29.2 Å². The van der Waals surface area contributed by atoms with Gasteiger partial charge in [-0.2, -0.15) is 13.2 Å². The van der Waals surface area contributed by atoms with Crippen molar-refractivity contribution in [3.05, 3.63) is 35.4 Å². The van der Waals surface area contributed by atoms with Crippen LogP contribution >= 0.6 is 0 Å². The van der Waals surface area contributed by atoms with Gasteiger partial charge in [-0.3, -0.25) is 4.79 Å². The Kier molecular flexibility index (Phi) is 3.40. The van der Waals surface area contributed by atoms with Gasteiger partial charge in [0.05, 0.1) is 5.56 Å². The molecule has 104 valence electrons. The van der Waals surface area contributed by atoms with Crippen LogP contribution in [0.15, 0.2) is 24.3 Å². The molecule has 2 unspecified atom stereocenters. The summed E-state index contributed by atoms with van der Waals surface area (Å²) in [5.41, 5.74) is 3.68. The molecule has 0 aromatic heterocycles. The Balaban J connectivity index is 2.43. The molecule has 2 rings (SSSR count). The maximum atomic E-state index is 12.7. The highest BCUT2D eigenvalue weighted by molar-refractivity contribution is 5.93. The lowest BCUT2D eigenvalue weighted by atomic mass is 9.75. The van der Waals surface area contributed by atoms with Crippen molar-refractivity contribution in [2.75, 3.05) is 0 Å². The first kappa shape index (κ1) is 14.0. The number of benzene rings is 1. The van der Waals surface area contributed by atoms with Gasteiger partial charge in [-0.05, 0) is 37.0 Å². The summed E-state index contributed by atoms with van der Waals surface area (Å²) in [6.07, 6.45) is -4.64. The summed E-state index contributed by atoms with van der Waals surface area (Å²) in [6.45, 7) is 0. The van der Waals surface area contributed by atoms with E-state index >= 15 is 0 Å². The SMILES string of the molecule is NC1(c2cccc(C(F)(F)F)c2)CCCC(O)C1=O. The number of carbonyl (C=O) groups excluding carboxylic acids is 1. The average Bonchev–Trinajstić information content (AvgIpc) is 2.35. The minimum Gasteiger partial charge on any atom is -0.385 e. The van der Waals surface area contributed by atoms with Crippen LogP contribution in [0.5, 0.6) is 0 Å². The Labute approximate surface area is 108 Å². The molecule has 0 heterocycles. The second kappa shape index (κ2) is 4.61.